The van der Waals surface area contributed by atoms with Crippen molar-refractivity contribution in [2.75, 3.05) is 13.1 Å². The molecule has 1 heterocycles. The van der Waals surface area contributed by atoms with E-state index in [9.17, 15) is 4.79 Å². The highest BCUT2D eigenvalue weighted by Crippen LogP contribution is 2.23. The predicted molar refractivity (Wildman–Crippen MR) is 138 cm³/mol. The minimum absolute atomic E-state index is 0.195. The molecule has 4 rings (SSSR count). The maximum absolute atomic E-state index is 12.5. The van der Waals surface area contributed by atoms with Crippen molar-refractivity contribution in [3.8, 4) is 0 Å². The summed E-state index contributed by atoms with van der Waals surface area (Å²) >= 11 is 3.43. The Hall–Kier alpha value is -2.76. The number of carbonyl (C=O) groups is 1. The Labute approximate surface area is 204 Å². The molecule has 4 nitrogen and oxygen atoms in total. The first-order valence-corrected chi connectivity index (χ1v) is 12.3. The Morgan fingerprint density at radius 2 is 1.55 bits per heavy atom. The van der Waals surface area contributed by atoms with Crippen molar-refractivity contribution >= 4 is 27.5 Å². The minimum atomic E-state index is -0.195. The number of rotatable bonds is 7. The fourth-order valence-electron chi connectivity index (χ4n) is 4.27. The number of amides is 1. The quantitative estimate of drug-likeness (QED) is 0.314. The molecule has 1 fully saturated rings. The van der Waals surface area contributed by atoms with E-state index in [1.54, 1.807) is 0 Å². The van der Waals surface area contributed by atoms with Gasteiger partial charge in [0.25, 0.3) is 5.91 Å². The number of halogens is 1. The molecule has 170 valence electrons. The van der Waals surface area contributed by atoms with Crippen LogP contribution in [0.3, 0.4) is 0 Å². The Kier molecular flexibility index (Phi) is 8.08. The molecule has 3 aromatic rings. The summed E-state index contributed by atoms with van der Waals surface area (Å²) < 4.78 is 1.01. The number of likely N-dealkylation sites (tertiary alicyclic amines) is 1. The summed E-state index contributed by atoms with van der Waals surface area (Å²) in [5.74, 6) is 0.580. The Balaban J connectivity index is 1.25. The molecule has 0 spiro atoms. The van der Waals surface area contributed by atoms with Gasteiger partial charge in [0.05, 0.1) is 5.71 Å². The SMILES string of the molecule is C/C(=N/NC(=O)c1ccc(CN2CCC(Cc3ccccc3)CC2)cc1)c1ccc(Br)cc1. The van der Waals surface area contributed by atoms with Crippen LogP contribution < -0.4 is 5.43 Å². The highest BCUT2D eigenvalue weighted by atomic mass is 79.9. The lowest BCUT2D eigenvalue weighted by molar-refractivity contribution is 0.0955. The second-order valence-corrected chi connectivity index (χ2v) is 9.67. The van der Waals surface area contributed by atoms with Crippen molar-refractivity contribution in [2.24, 2.45) is 11.0 Å². The molecule has 0 atom stereocenters. The first-order chi connectivity index (χ1) is 16.1. The molecule has 0 aliphatic carbocycles. The normalized spacial score (nSPS) is 15.4. The van der Waals surface area contributed by atoms with Gasteiger partial charge in [-0.05, 0) is 86.1 Å². The fraction of sp³-hybridized carbons (Fsp3) is 0.286. The largest absolute Gasteiger partial charge is 0.299 e. The average molecular weight is 504 g/mol. The van der Waals surface area contributed by atoms with Gasteiger partial charge in [-0.3, -0.25) is 9.69 Å². The zero-order valence-electron chi connectivity index (χ0n) is 19.0. The maximum Gasteiger partial charge on any atom is 0.271 e. The maximum atomic E-state index is 12.5. The third-order valence-electron chi connectivity index (χ3n) is 6.28. The Morgan fingerprint density at radius 3 is 2.21 bits per heavy atom. The van der Waals surface area contributed by atoms with Crippen LogP contribution in [0.2, 0.25) is 0 Å². The van der Waals surface area contributed by atoms with Crippen molar-refractivity contribution in [1.29, 1.82) is 0 Å². The van der Waals surface area contributed by atoms with Crippen molar-refractivity contribution in [3.05, 3.63) is 106 Å². The highest BCUT2D eigenvalue weighted by Gasteiger charge is 2.19. The number of hydrazone groups is 1. The summed E-state index contributed by atoms with van der Waals surface area (Å²) in [6.07, 6.45) is 3.67. The van der Waals surface area contributed by atoms with Crippen molar-refractivity contribution in [2.45, 2.75) is 32.7 Å². The summed E-state index contributed by atoms with van der Waals surface area (Å²) in [5.41, 5.74) is 7.71. The van der Waals surface area contributed by atoms with E-state index in [2.05, 4.69) is 73.8 Å². The molecule has 1 N–H and O–H groups in total. The van der Waals surface area contributed by atoms with E-state index in [-0.39, 0.29) is 5.91 Å². The van der Waals surface area contributed by atoms with Gasteiger partial charge in [0.1, 0.15) is 0 Å². The average Bonchev–Trinajstić information content (AvgIpc) is 2.85. The summed E-state index contributed by atoms with van der Waals surface area (Å²) in [6.45, 7) is 5.07. The number of piperidine rings is 1. The second-order valence-electron chi connectivity index (χ2n) is 8.75. The van der Waals surface area contributed by atoms with E-state index in [1.165, 1.54) is 30.4 Å². The first kappa shape index (κ1) is 23.4. The molecule has 0 saturated carbocycles. The van der Waals surface area contributed by atoms with Crippen molar-refractivity contribution < 1.29 is 4.79 Å². The molecule has 0 radical (unpaired) electrons. The minimum Gasteiger partial charge on any atom is -0.299 e. The number of nitrogens with zero attached hydrogens (tertiary/aromatic N) is 2. The number of benzene rings is 3. The van der Waals surface area contributed by atoms with E-state index in [0.717, 1.165) is 41.3 Å². The molecule has 0 bridgehead atoms. The van der Waals surface area contributed by atoms with Crippen LogP contribution in [0.4, 0.5) is 0 Å². The molecule has 5 heteroatoms. The van der Waals surface area contributed by atoms with Gasteiger partial charge in [0, 0.05) is 16.6 Å². The molecule has 3 aromatic carbocycles. The van der Waals surface area contributed by atoms with Gasteiger partial charge in [-0.1, -0.05) is 70.5 Å². The van der Waals surface area contributed by atoms with Gasteiger partial charge in [-0.25, -0.2) is 5.43 Å². The van der Waals surface area contributed by atoms with Crippen LogP contribution in [-0.4, -0.2) is 29.6 Å². The number of hydrogen-bond donors (Lipinski definition) is 1. The third kappa shape index (κ3) is 6.86. The van der Waals surface area contributed by atoms with Gasteiger partial charge in [0.15, 0.2) is 0 Å². The summed E-state index contributed by atoms with van der Waals surface area (Å²) in [4.78, 5) is 15.0. The van der Waals surface area contributed by atoms with Gasteiger partial charge in [-0.15, -0.1) is 0 Å². The first-order valence-electron chi connectivity index (χ1n) is 11.5. The van der Waals surface area contributed by atoms with Crippen LogP contribution in [0, 0.1) is 5.92 Å². The number of carbonyl (C=O) groups excluding carboxylic acids is 1. The molecule has 1 aliphatic heterocycles. The van der Waals surface area contributed by atoms with Crippen molar-refractivity contribution in [1.82, 2.24) is 10.3 Å². The molecule has 1 amide bonds. The van der Waals surface area contributed by atoms with Crippen LogP contribution in [-0.2, 0) is 13.0 Å². The lowest BCUT2D eigenvalue weighted by atomic mass is 9.90. The summed E-state index contributed by atoms with van der Waals surface area (Å²) in [7, 11) is 0. The van der Waals surface area contributed by atoms with Gasteiger partial charge in [-0.2, -0.15) is 5.10 Å². The smallest absolute Gasteiger partial charge is 0.271 e. The van der Waals surface area contributed by atoms with Crippen LogP contribution >= 0.6 is 15.9 Å². The third-order valence-corrected chi connectivity index (χ3v) is 6.81. The molecule has 33 heavy (non-hydrogen) atoms. The number of hydrogen-bond acceptors (Lipinski definition) is 3. The molecular weight excluding hydrogens is 474 g/mol. The van der Waals surface area contributed by atoms with Crippen LogP contribution in [0.15, 0.2) is 88.4 Å². The van der Waals surface area contributed by atoms with Crippen LogP contribution in [0.25, 0.3) is 0 Å². The Morgan fingerprint density at radius 1 is 0.909 bits per heavy atom. The molecule has 0 unspecified atom stereocenters. The topological polar surface area (TPSA) is 44.7 Å². The lowest BCUT2D eigenvalue weighted by Gasteiger charge is -2.32. The van der Waals surface area contributed by atoms with E-state index >= 15 is 0 Å². The van der Waals surface area contributed by atoms with E-state index in [4.69, 9.17) is 0 Å². The highest BCUT2D eigenvalue weighted by molar-refractivity contribution is 9.10. The lowest BCUT2D eigenvalue weighted by Crippen LogP contribution is -2.33. The Bertz CT molecular complexity index is 1070. The van der Waals surface area contributed by atoms with Crippen molar-refractivity contribution in [3.63, 3.8) is 0 Å². The predicted octanol–water partition coefficient (Wildman–Crippen LogP) is 6.06. The van der Waals surface area contributed by atoms with Gasteiger partial charge >= 0.3 is 0 Å². The van der Waals surface area contributed by atoms with Gasteiger partial charge in [0.2, 0.25) is 0 Å². The van der Waals surface area contributed by atoms with E-state index in [1.807, 2.05) is 43.3 Å². The van der Waals surface area contributed by atoms with Crippen LogP contribution in [0.1, 0.15) is 46.8 Å². The fourth-order valence-corrected chi connectivity index (χ4v) is 4.53. The van der Waals surface area contributed by atoms with Crippen LogP contribution in [0.5, 0.6) is 0 Å². The van der Waals surface area contributed by atoms with E-state index < -0.39 is 0 Å². The molecule has 0 aromatic heterocycles. The molecule has 1 aliphatic rings. The summed E-state index contributed by atoms with van der Waals surface area (Å²) in [5, 5.41) is 4.25. The standard InChI is InChI=1S/C28H30BrN3O/c1-21(25-11-13-27(29)14-12-25)30-31-28(33)26-9-7-24(8-10-26)20-32-17-15-23(16-18-32)19-22-5-3-2-4-6-22/h2-14,23H,15-20H2,1H3,(H,31,33)/b30-21-. The second kappa shape index (κ2) is 11.4. The zero-order valence-corrected chi connectivity index (χ0v) is 20.6. The molecule has 1 saturated heterocycles. The van der Waals surface area contributed by atoms with E-state index in [0.29, 0.717) is 5.56 Å². The summed E-state index contributed by atoms with van der Waals surface area (Å²) in [6, 6.07) is 26.5. The molecular formula is C28H30BrN3O. The number of nitrogens with one attached hydrogen (secondary N) is 1. The monoisotopic (exact) mass is 503 g/mol. The zero-order chi connectivity index (χ0) is 23.0. The van der Waals surface area contributed by atoms with Gasteiger partial charge < -0.3 is 0 Å².